The number of alkyl halides is 2. The van der Waals surface area contributed by atoms with Crippen LogP contribution in [0.15, 0.2) is 84.5 Å². The Bertz CT molecular complexity index is 2940. The Labute approximate surface area is 571 Å². The monoisotopic (exact) mass is 1380 g/mol. The summed E-state index contributed by atoms with van der Waals surface area (Å²) in [5.74, 6) is -4.04. The van der Waals surface area contributed by atoms with E-state index in [1.807, 2.05) is 48.5 Å². The summed E-state index contributed by atoms with van der Waals surface area (Å²) in [6.45, 7) is 13.4. The van der Waals surface area contributed by atoms with Gasteiger partial charge in [-0.15, -0.1) is 0 Å². The minimum absolute atomic E-state index is 0.0122. The Morgan fingerprint density at radius 3 is 1.65 bits per heavy atom. The Balaban J connectivity index is 0.541. The summed E-state index contributed by atoms with van der Waals surface area (Å²) in [4.78, 5) is 75.0. The minimum Gasteiger partial charge on any atom is -0.390 e. The fraction of sp³-hybridized carbons (Fsp3) is 0.662. The van der Waals surface area contributed by atoms with Gasteiger partial charge in [-0.25, -0.2) is 8.78 Å². The summed E-state index contributed by atoms with van der Waals surface area (Å²) in [5, 5.41) is 27.8. The van der Waals surface area contributed by atoms with Gasteiger partial charge in [-0.3, -0.25) is 33.7 Å². The topological polar surface area (TPSA) is 299 Å². The van der Waals surface area contributed by atoms with Crippen molar-refractivity contribution in [3.63, 3.8) is 0 Å². The van der Waals surface area contributed by atoms with Crippen LogP contribution >= 0.6 is 0 Å². The number of benzene rings is 2. The first-order valence-electron chi connectivity index (χ1n) is 34.2. The number of carbonyl (C=O) groups excluding carboxylic acids is 6. The molecule has 27 heteroatoms. The number of nitrogens with zero attached hydrogens (tertiary/aromatic N) is 1. The lowest BCUT2D eigenvalue weighted by molar-refractivity contribution is -0.235. The highest BCUT2D eigenvalue weighted by Crippen LogP contribution is 2.72. The lowest BCUT2D eigenvalue weighted by Crippen LogP contribution is -2.70. The average molecular weight is 1380 g/mol. The van der Waals surface area contributed by atoms with Gasteiger partial charge >= 0.3 is 0 Å². The number of imide groups is 1. The number of amides is 4. The van der Waals surface area contributed by atoms with Crippen LogP contribution in [0.25, 0.3) is 0 Å². The van der Waals surface area contributed by atoms with Gasteiger partial charge in [0.25, 0.3) is 11.8 Å². The Morgan fingerprint density at radius 2 is 1.12 bits per heavy atom. The van der Waals surface area contributed by atoms with Crippen molar-refractivity contribution in [2.45, 2.75) is 101 Å². The van der Waals surface area contributed by atoms with E-state index in [4.69, 9.17) is 66.3 Å². The Morgan fingerprint density at radius 1 is 0.612 bits per heavy atom. The molecule has 0 unspecified atom stereocenters. The largest absolute Gasteiger partial charge is 0.390 e. The molecule has 0 bridgehead atoms. The van der Waals surface area contributed by atoms with Gasteiger partial charge in [0.15, 0.2) is 29.1 Å². The molecule has 2 aromatic carbocycles. The summed E-state index contributed by atoms with van der Waals surface area (Å²) in [5.41, 5.74) is -3.72. The number of ether oxygens (including phenoxy) is 14. The highest BCUT2D eigenvalue weighted by molar-refractivity contribution is 6.13. The number of fused-ring (bicyclic) bond motifs is 7. The van der Waals surface area contributed by atoms with Crippen LogP contribution in [0.2, 0.25) is 0 Å². The van der Waals surface area contributed by atoms with Gasteiger partial charge in [-0.2, -0.15) is 0 Å². The maximum atomic E-state index is 17.8. The number of nitrogens with one attached hydrogen (secondary N) is 2. The summed E-state index contributed by atoms with van der Waals surface area (Å²) in [6.07, 6.45) is 2.80. The van der Waals surface area contributed by atoms with E-state index in [9.17, 15) is 39.0 Å². The number of ketones is 2. The first-order chi connectivity index (χ1) is 47.5. The molecule has 1 saturated heterocycles. The number of aliphatic hydroxyl groups is 2. The van der Waals surface area contributed by atoms with E-state index >= 15 is 8.78 Å². The molecule has 10 atom stereocenters. The van der Waals surface area contributed by atoms with Crippen molar-refractivity contribution in [3.8, 4) is 0 Å². The third-order valence-electron chi connectivity index (χ3n) is 18.8. The summed E-state index contributed by atoms with van der Waals surface area (Å²) in [7, 11) is 0. The second-order valence-electron chi connectivity index (χ2n) is 25.2. The number of rotatable bonds is 50. The summed E-state index contributed by atoms with van der Waals surface area (Å²) < 4.78 is 114. The summed E-state index contributed by atoms with van der Waals surface area (Å²) in [6, 6.07) is 15.0. The van der Waals surface area contributed by atoms with Crippen LogP contribution in [-0.4, -0.2) is 258 Å². The Hall–Kier alpha value is -5.70. The smallest absolute Gasteiger partial charge is 0.253 e. The SMILES string of the molecule is C[C@]12C=CC(=O)C=C1[C@@H](F)C[C@H]1[C@@H]3C[C@H]4O[C@@H](c5ccc(Cc6cccc(NC(=O)CCOCCOCCOCCCOCCOCCOCCOCCCOCCOCCOCCOCCOCCNC(=O)CCN7C(=O)C=CC7=O)c6)cc5)O[C@@]4(C(=O)CO)[C@@]3(C)C[C@H](O)[C@@]12F. The molecule has 0 aromatic heterocycles. The predicted octanol–water partition coefficient (Wildman–Crippen LogP) is 4.66. The maximum Gasteiger partial charge on any atom is 0.253 e. The molecule has 2 aromatic rings. The molecule has 0 radical (unpaired) electrons. The van der Waals surface area contributed by atoms with Gasteiger partial charge in [0.2, 0.25) is 11.8 Å². The van der Waals surface area contributed by atoms with Crippen LogP contribution in [0.1, 0.15) is 81.8 Å². The zero-order valence-electron chi connectivity index (χ0n) is 56.5. The van der Waals surface area contributed by atoms with Gasteiger partial charge in [0.1, 0.15) is 12.8 Å². The fourth-order valence-corrected chi connectivity index (χ4v) is 13.9. The van der Waals surface area contributed by atoms with Crippen molar-refractivity contribution in [1.29, 1.82) is 0 Å². The fourth-order valence-electron chi connectivity index (χ4n) is 13.9. The lowest BCUT2D eigenvalue weighted by Gasteiger charge is -2.63. The number of carbonyl (C=O) groups is 6. The molecule has 3 saturated carbocycles. The highest BCUT2D eigenvalue weighted by atomic mass is 19.1. The number of allylic oxidation sites excluding steroid dienone is 4. The van der Waals surface area contributed by atoms with Crippen LogP contribution in [0.3, 0.4) is 0 Å². The van der Waals surface area contributed by atoms with Crippen molar-refractivity contribution in [2.75, 3.05) is 184 Å². The summed E-state index contributed by atoms with van der Waals surface area (Å²) >= 11 is 0. The molecular formula is C71H99F2N3O22. The molecule has 4 fully saturated rings. The van der Waals surface area contributed by atoms with Gasteiger partial charge < -0.3 is 87.2 Å². The molecule has 6 aliphatic rings. The first kappa shape index (κ1) is 78.0. The van der Waals surface area contributed by atoms with E-state index in [1.54, 1.807) is 6.92 Å². The van der Waals surface area contributed by atoms with E-state index in [-0.39, 0.29) is 62.6 Å². The second-order valence-corrected chi connectivity index (χ2v) is 25.2. The number of hydrogen-bond donors (Lipinski definition) is 4. The van der Waals surface area contributed by atoms with E-state index in [0.29, 0.717) is 176 Å². The average Bonchev–Trinajstić information content (AvgIpc) is 1.43. The van der Waals surface area contributed by atoms with Gasteiger partial charge in [0.05, 0.1) is 151 Å². The number of halogens is 2. The third-order valence-corrected chi connectivity index (χ3v) is 18.8. The molecule has 544 valence electrons. The molecule has 0 spiro atoms. The van der Waals surface area contributed by atoms with Gasteiger partial charge in [0, 0.05) is 86.1 Å². The normalized spacial score (nSPS) is 26.1. The lowest BCUT2D eigenvalue weighted by atomic mass is 9.44. The number of hydrogen-bond acceptors (Lipinski definition) is 22. The number of anilines is 1. The van der Waals surface area contributed by atoms with Gasteiger partial charge in [-0.05, 0) is 92.4 Å². The van der Waals surface area contributed by atoms with Crippen LogP contribution < -0.4 is 10.6 Å². The quantitative estimate of drug-likeness (QED) is 0.0517. The van der Waals surface area contributed by atoms with Crippen LogP contribution in [0, 0.1) is 22.7 Å². The molecule has 4 aliphatic carbocycles. The van der Waals surface area contributed by atoms with E-state index in [2.05, 4.69) is 10.6 Å². The molecule has 98 heavy (non-hydrogen) atoms. The molecule has 4 N–H and O–H groups in total. The standard InChI is InChI=1S/C71H99F2N3O22/c1-68-17-14-55(78)46-58(68)59(72)47-57-56-48-62-71(61(80)50-77,69(56,2)49-60(79)70(57,68)73)98-67(97-62)53-10-8-51(9-11-53)44-52-6-3-7-54(45-52)75-64(82)16-24-89-30-36-91-32-26-85-20-4-21-86-27-33-92-38-39-93-34-28-87-22-5-23-88-29-35-94-40-42-96-43-41-95-37-31-90-25-18-74-63(81)15-19-76-65(83)12-13-66(76)84/h3,6-14,17,45-46,56-57,59-60,62,67,77,79H,4-5,15-16,18-44,47-50H2,1-2H3,(H,74,81)(H,75,82)/t56-,57-,59-,60-,62+,67+,68-,69-,70-,71+/m0/s1. The molecule has 25 nitrogen and oxygen atoms in total. The zero-order valence-corrected chi connectivity index (χ0v) is 56.5. The van der Waals surface area contributed by atoms with Gasteiger partial charge in [-0.1, -0.05) is 49.4 Å². The van der Waals surface area contributed by atoms with E-state index in [1.165, 1.54) is 31.2 Å². The maximum absolute atomic E-state index is 17.8. The first-order valence-corrected chi connectivity index (χ1v) is 34.2. The molecule has 8 rings (SSSR count). The van der Waals surface area contributed by atoms with Crippen LogP contribution in [0.4, 0.5) is 14.5 Å². The molecule has 2 heterocycles. The van der Waals surface area contributed by atoms with E-state index in [0.717, 1.165) is 34.9 Å². The molecule has 2 aliphatic heterocycles. The highest BCUT2D eigenvalue weighted by Gasteiger charge is 2.80. The van der Waals surface area contributed by atoms with Crippen molar-refractivity contribution >= 4 is 40.9 Å². The van der Waals surface area contributed by atoms with Crippen molar-refractivity contribution < 1.29 is 114 Å². The Kier molecular flexibility index (Phi) is 31.9. The second kappa shape index (κ2) is 40.1. The van der Waals surface area contributed by atoms with Crippen molar-refractivity contribution in [2.24, 2.45) is 22.7 Å². The van der Waals surface area contributed by atoms with E-state index < -0.39 is 88.6 Å². The third kappa shape index (κ3) is 21.2. The van der Waals surface area contributed by atoms with Crippen molar-refractivity contribution in [3.05, 3.63) is 101 Å². The van der Waals surface area contributed by atoms with Crippen LogP contribution in [0.5, 0.6) is 0 Å². The molecule has 4 amide bonds. The van der Waals surface area contributed by atoms with Crippen LogP contribution in [-0.2, 0) is 102 Å². The predicted molar refractivity (Wildman–Crippen MR) is 349 cm³/mol. The number of aliphatic hydroxyl groups excluding tert-OH is 2. The minimum atomic E-state index is -2.34. The zero-order chi connectivity index (χ0) is 69.6. The van der Waals surface area contributed by atoms with Crippen molar-refractivity contribution in [1.82, 2.24) is 10.2 Å². The molecular weight excluding hydrogens is 1280 g/mol. The number of Topliss-reactive ketones (excluding diaryl/α,β-unsaturated/α-hetero) is 1.